The van der Waals surface area contributed by atoms with Gasteiger partial charge < -0.3 is 19.5 Å². The summed E-state index contributed by atoms with van der Waals surface area (Å²) in [5, 5.41) is 9.33. The molecule has 116 valence electrons. The molecule has 1 N–H and O–H groups in total. The van der Waals surface area contributed by atoms with Gasteiger partial charge in [-0.3, -0.25) is 4.79 Å². The maximum Gasteiger partial charge on any atom is 0.222 e. The summed E-state index contributed by atoms with van der Waals surface area (Å²) in [6.07, 6.45) is 5.08. The molecule has 0 aliphatic carbocycles. The number of carbonyl (C=O) groups is 1. The number of rotatable bonds is 7. The fraction of sp³-hybridized carbons (Fsp3) is 0.933. The van der Waals surface area contributed by atoms with Gasteiger partial charge in [0.25, 0.3) is 0 Å². The number of carbonyl (C=O) groups excluding carboxylic acids is 1. The highest BCUT2D eigenvalue weighted by Crippen LogP contribution is 2.18. The van der Waals surface area contributed by atoms with Crippen molar-refractivity contribution in [2.45, 2.75) is 63.8 Å². The van der Waals surface area contributed by atoms with Gasteiger partial charge in [0.15, 0.2) is 0 Å². The number of aliphatic hydroxyl groups is 1. The van der Waals surface area contributed by atoms with Crippen molar-refractivity contribution < 1.29 is 19.4 Å². The summed E-state index contributed by atoms with van der Waals surface area (Å²) in [5.74, 6) is 0.108. The van der Waals surface area contributed by atoms with E-state index in [1.165, 1.54) is 0 Å². The molecule has 0 spiro atoms. The van der Waals surface area contributed by atoms with Crippen LogP contribution in [0.1, 0.15) is 45.4 Å². The van der Waals surface area contributed by atoms with Gasteiger partial charge >= 0.3 is 0 Å². The third-order valence-electron chi connectivity index (χ3n) is 4.02. The summed E-state index contributed by atoms with van der Waals surface area (Å²) in [4.78, 5) is 14.2. The SMILES string of the molecule is CC(O)CCC(=O)N(CC1CCCO1)CC1CCCO1. The van der Waals surface area contributed by atoms with Gasteiger partial charge in [-0.15, -0.1) is 0 Å². The van der Waals surface area contributed by atoms with Crippen LogP contribution in [-0.2, 0) is 14.3 Å². The Morgan fingerprint density at radius 3 is 2.15 bits per heavy atom. The zero-order valence-corrected chi connectivity index (χ0v) is 12.4. The molecule has 1 amide bonds. The zero-order valence-electron chi connectivity index (χ0n) is 12.4. The number of amides is 1. The minimum Gasteiger partial charge on any atom is -0.393 e. The van der Waals surface area contributed by atoms with Gasteiger partial charge in [0, 0.05) is 32.7 Å². The van der Waals surface area contributed by atoms with E-state index in [0.29, 0.717) is 25.9 Å². The van der Waals surface area contributed by atoms with E-state index in [1.807, 2.05) is 4.90 Å². The van der Waals surface area contributed by atoms with Crippen LogP contribution in [0.15, 0.2) is 0 Å². The molecule has 5 nitrogen and oxygen atoms in total. The maximum atomic E-state index is 12.3. The van der Waals surface area contributed by atoms with Crippen LogP contribution in [0, 0.1) is 0 Å². The van der Waals surface area contributed by atoms with Crippen molar-refractivity contribution >= 4 is 5.91 Å². The lowest BCUT2D eigenvalue weighted by Gasteiger charge is -2.28. The van der Waals surface area contributed by atoms with E-state index >= 15 is 0 Å². The first kappa shape index (κ1) is 15.7. The monoisotopic (exact) mass is 285 g/mol. The van der Waals surface area contributed by atoms with E-state index in [1.54, 1.807) is 6.92 Å². The van der Waals surface area contributed by atoms with E-state index < -0.39 is 6.10 Å². The number of hydrogen-bond acceptors (Lipinski definition) is 4. The zero-order chi connectivity index (χ0) is 14.4. The van der Waals surface area contributed by atoms with Crippen LogP contribution in [0.25, 0.3) is 0 Å². The highest BCUT2D eigenvalue weighted by molar-refractivity contribution is 5.76. The molecule has 0 aromatic heterocycles. The van der Waals surface area contributed by atoms with Crippen molar-refractivity contribution in [3.05, 3.63) is 0 Å². The van der Waals surface area contributed by atoms with Gasteiger partial charge in [0.1, 0.15) is 0 Å². The predicted molar refractivity (Wildman–Crippen MR) is 75.4 cm³/mol. The molecule has 0 bridgehead atoms. The van der Waals surface area contributed by atoms with Crippen LogP contribution in [-0.4, -0.2) is 60.5 Å². The molecule has 3 atom stereocenters. The lowest BCUT2D eigenvalue weighted by Crippen LogP contribution is -2.42. The first-order valence-corrected chi connectivity index (χ1v) is 7.84. The summed E-state index contributed by atoms with van der Waals surface area (Å²) in [6, 6.07) is 0. The average Bonchev–Trinajstić information content (AvgIpc) is 3.08. The molecular formula is C15H27NO4. The van der Waals surface area contributed by atoms with Crippen molar-refractivity contribution in [3.8, 4) is 0 Å². The second-order valence-electron chi connectivity index (χ2n) is 5.96. The first-order valence-electron chi connectivity index (χ1n) is 7.84. The summed E-state index contributed by atoms with van der Waals surface area (Å²) in [7, 11) is 0. The third-order valence-corrected chi connectivity index (χ3v) is 4.02. The Labute approximate surface area is 121 Å². The topological polar surface area (TPSA) is 59.0 Å². The molecule has 2 saturated heterocycles. The van der Waals surface area contributed by atoms with Crippen molar-refractivity contribution in [2.75, 3.05) is 26.3 Å². The minimum atomic E-state index is -0.425. The van der Waals surface area contributed by atoms with Crippen LogP contribution in [0.2, 0.25) is 0 Å². The van der Waals surface area contributed by atoms with E-state index in [4.69, 9.17) is 9.47 Å². The molecule has 2 aliphatic rings. The Balaban J connectivity index is 1.85. The highest BCUT2D eigenvalue weighted by Gasteiger charge is 2.26. The van der Waals surface area contributed by atoms with Crippen LogP contribution in [0.5, 0.6) is 0 Å². The highest BCUT2D eigenvalue weighted by atomic mass is 16.5. The average molecular weight is 285 g/mol. The first-order chi connectivity index (χ1) is 9.65. The number of ether oxygens (including phenoxy) is 2. The van der Waals surface area contributed by atoms with Gasteiger partial charge in [-0.25, -0.2) is 0 Å². The second kappa shape index (κ2) is 7.96. The van der Waals surface area contributed by atoms with Crippen molar-refractivity contribution in [1.29, 1.82) is 0 Å². The van der Waals surface area contributed by atoms with Crippen molar-refractivity contribution in [3.63, 3.8) is 0 Å². The molecule has 2 rings (SSSR count). The molecule has 0 saturated carbocycles. The summed E-state index contributed by atoms with van der Waals surface area (Å²) in [6.45, 7) is 4.66. The van der Waals surface area contributed by atoms with Gasteiger partial charge in [0.2, 0.25) is 5.91 Å². The van der Waals surface area contributed by atoms with Gasteiger partial charge in [0.05, 0.1) is 18.3 Å². The number of aliphatic hydroxyl groups excluding tert-OH is 1. The van der Waals surface area contributed by atoms with E-state index in [2.05, 4.69) is 0 Å². The van der Waals surface area contributed by atoms with Crippen molar-refractivity contribution in [1.82, 2.24) is 4.90 Å². The smallest absolute Gasteiger partial charge is 0.222 e. The second-order valence-corrected chi connectivity index (χ2v) is 5.96. The van der Waals surface area contributed by atoms with Gasteiger partial charge in [-0.1, -0.05) is 0 Å². The lowest BCUT2D eigenvalue weighted by atomic mass is 10.1. The van der Waals surface area contributed by atoms with Gasteiger partial charge in [-0.2, -0.15) is 0 Å². The Bertz CT molecular complexity index is 278. The van der Waals surface area contributed by atoms with Crippen LogP contribution < -0.4 is 0 Å². The fourth-order valence-electron chi connectivity index (χ4n) is 2.84. The van der Waals surface area contributed by atoms with Gasteiger partial charge in [-0.05, 0) is 39.0 Å². The predicted octanol–water partition coefficient (Wildman–Crippen LogP) is 1.33. The Kier molecular flexibility index (Phi) is 6.26. The molecule has 20 heavy (non-hydrogen) atoms. The normalized spacial score (nSPS) is 27.7. The summed E-state index contributed by atoms with van der Waals surface area (Å²) < 4.78 is 11.3. The lowest BCUT2D eigenvalue weighted by molar-refractivity contribution is -0.135. The number of nitrogens with zero attached hydrogens (tertiary/aromatic N) is 1. The molecule has 2 aliphatic heterocycles. The minimum absolute atomic E-state index is 0.108. The van der Waals surface area contributed by atoms with Crippen LogP contribution in [0.4, 0.5) is 0 Å². The standard InChI is InChI=1S/C15H27NO4/c1-12(17)6-7-15(18)16(10-13-4-2-8-19-13)11-14-5-3-9-20-14/h12-14,17H,2-11H2,1H3. The fourth-order valence-corrected chi connectivity index (χ4v) is 2.84. The van der Waals surface area contributed by atoms with E-state index in [9.17, 15) is 9.90 Å². The quantitative estimate of drug-likeness (QED) is 0.767. The largest absolute Gasteiger partial charge is 0.393 e. The third kappa shape index (κ3) is 5.04. The van der Waals surface area contributed by atoms with E-state index in [-0.39, 0.29) is 18.1 Å². The molecule has 0 aromatic rings. The molecule has 3 unspecified atom stereocenters. The molecule has 0 aromatic carbocycles. The van der Waals surface area contributed by atoms with Crippen LogP contribution in [0.3, 0.4) is 0 Å². The van der Waals surface area contributed by atoms with E-state index in [0.717, 1.165) is 38.9 Å². The number of hydrogen-bond donors (Lipinski definition) is 1. The molecule has 0 radical (unpaired) electrons. The molecule has 2 fully saturated rings. The van der Waals surface area contributed by atoms with Crippen molar-refractivity contribution in [2.24, 2.45) is 0 Å². The molecule has 5 heteroatoms. The maximum absolute atomic E-state index is 12.3. The summed E-state index contributed by atoms with van der Waals surface area (Å²) >= 11 is 0. The van der Waals surface area contributed by atoms with Crippen LogP contribution >= 0.6 is 0 Å². The Hall–Kier alpha value is -0.650. The molecule has 2 heterocycles. The molecular weight excluding hydrogens is 258 g/mol. The Morgan fingerprint density at radius 2 is 1.75 bits per heavy atom. The summed E-state index contributed by atoms with van der Waals surface area (Å²) in [5.41, 5.74) is 0. The Morgan fingerprint density at radius 1 is 1.20 bits per heavy atom.